The molecule has 0 aromatic rings. The summed E-state index contributed by atoms with van der Waals surface area (Å²) in [7, 11) is 0. The second-order valence-corrected chi connectivity index (χ2v) is 7.95. The van der Waals surface area contributed by atoms with Gasteiger partial charge in [0, 0.05) is 13.0 Å². The fourth-order valence-electron chi connectivity index (χ4n) is 3.24. The second-order valence-electron chi connectivity index (χ2n) is 7.95. The Morgan fingerprint density at radius 2 is 1.56 bits per heavy atom. The number of nitrogens with two attached hydrogens (primary N) is 1. The maximum atomic E-state index is 12.9. The number of carbonyl (C=O) groups excluding carboxylic acids is 3. The van der Waals surface area contributed by atoms with E-state index in [2.05, 4.69) is 10.6 Å². The zero-order valence-corrected chi connectivity index (χ0v) is 17.9. The summed E-state index contributed by atoms with van der Waals surface area (Å²) in [5.41, 5.74) is 5.72. The van der Waals surface area contributed by atoms with Gasteiger partial charge in [0.2, 0.25) is 17.7 Å². The fraction of sp³-hybridized carbons (Fsp3) is 0.684. The van der Waals surface area contributed by atoms with Crippen LogP contribution in [0.1, 0.15) is 46.0 Å². The van der Waals surface area contributed by atoms with Crippen molar-refractivity contribution in [2.24, 2.45) is 11.7 Å². The molecule has 0 saturated carbocycles. The van der Waals surface area contributed by atoms with Crippen LogP contribution in [0, 0.1) is 5.92 Å². The van der Waals surface area contributed by atoms with Gasteiger partial charge in [-0.3, -0.25) is 24.0 Å². The molecule has 13 heteroatoms. The maximum Gasteiger partial charge on any atom is 0.326 e. The molecule has 1 aliphatic heterocycles. The third-order valence-electron chi connectivity index (χ3n) is 5.12. The molecule has 1 heterocycles. The number of hydrogen-bond acceptors (Lipinski definition) is 7. The summed E-state index contributed by atoms with van der Waals surface area (Å²) < 4.78 is 0. The molecule has 0 bridgehead atoms. The summed E-state index contributed by atoms with van der Waals surface area (Å²) >= 11 is 0. The number of likely N-dealkylation sites (tertiary alicyclic amines) is 1. The van der Waals surface area contributed by atoms with Crippen molar-refractivity contribution in [1.82, 2.24) is 15.5 Å². The van der Waals surface area contributed by atoms with E-state index in [1.54, 1.807) is 13.8 Å². The highest BCUT2D eigenvalue weighted by Crippen LogP contribution is 2.19. The van der Waals surface area contributed by atoms with E-state index >= 15 is 0 Å². The van der Waals surface area contributed by atoms with Crippen LogP contribution in [0.3, 0.4) is 0 Å². The Morgan fingerprint density at radius 3 is 2.06 bits per heavy atom. The number of amides is 3. The van der Waals surface area contributed by atoms with Crippen molar-refractivity contribution in [3.63, 3.8) is 0 Å². The Morgan fingerprint density at radius 1 is 0.969 bits per heavy atom. The largest absolute Gasteiger partial charge is 0.481 e. The SMILES string of the molecule is CC(C)C(N)C(=O)NC(CC(=O)O)C(=O)NC(CCC(=O)O)C(=O)N1CCCC1C(=O)O. The molecular formula is C19H30N4O9. The molecule has 0 aromatic carbocycles. The number of hydrogen-bond donors (Lipinski definition) is 6. The van der Waals surface area contributed by atoms with Crippen molar-refractivity contribution in [3.8, 4) is 0 Å². The molecule has 1 fully saturated rings. The lowest BCUT2D eigenvalue weighted by molar-refractivity contribution is -0.150. The topological polar surface area (TPSA) is 216 Å². The first-order valence-electron chi connectivity index (χ1n) is 10.2. The van der Waals surface area contributed by atoms with E-state index in [0.29, 0.717) is 6.42 Å². The molecular weight excluding hydrogens is 428 g/mol. The predicted octanol–water partition coefficient (Wildman–Crippen LogP) is -1.65. The molecule has 0 radical (unpaired) electrons. The van der Waals surface area contributed by atoms with E-state index < -0.39 is 72.6 Å². The lowest BCUT2D eigenvalue weighted by atomic mass is 10.0. The molecule has 4 unspecified atom stereocenters. The molecule has 1 saturated heterocycles. The smallest absolute Gasteiger partial charge is 0.326 e. The van der Waals surface area contributed by atoms with Crippen molar-refractivity contribution in [2.75, 3.05) is 6.54 Å². The highest BCUT2D eigenvalue weighted by Gasteiger charge is 2.38. The zero-order valence-electron chi connectivity index (χ0n) is 17.9. The first-order valence-corrected chi connectivity index (χ1v) is 10.2. The van der Waals surface area contributed by atoms with Gasteiger partial charge >= 0.3 is 17.9 Å². The third-order valence-corrected chi connectivity index (χ3v) is 5.12. The Balaban J connectivity index is 3.05. The highest BCUT2D eigenvalue weighted by atomic mass is 16.4. The molecule has 1 aliphatic rings. The predicted molar refractivity (Wildman–Crippen MR) is 108 cm³/mol. The number of carboxylic acids is 3. The first kappa shape index (κ1) is 26.8. The average Bonchev–Trinajstić information content (AvgIpc) is 3.18. The van der Waals surface area contributed by atoms with Crippen LogP contribution in [-0.4, -0.2) is 86.6 Å². The van der Waals surface area contributed by atoms with E-state index in [1.165, 1.54) is 0 Å². The van der Waals surface area contributed by atoms with Gasteiger partial charge in [0.05, 0.1) is 12.5 Å². The number of aliphatic carboxylic acids is 3. The number of nitrogens with zero attached hydrogens (tertiary/aromatic N) is 1. The molecule has 180 valence electrons. The average molecular weight is 458 g/mol. The van der Waals surface area contributed by atoms with Crippen molar-refractivity contribution in [2.45, 2.75) is 70.1 Å². The van der Waals surface area contributed by atoms with Gasteiger partial charge in [0.25, 0.3) is 0 Å². The highest BCUT2D eigenvalue weighted by molar-refractivity contribution is 5.96. The summed E-state index contributed by atoms with van der Waals surface area (Å²) in [4.78, 5) is 72.5. The van der Waals surface area contributed by atoms with Crippen molar-refractivity contribution in [1.29, 1.82) is 0 Å². The van der Waals surface area contributed by atoms with E-state index in [9.17, 15) is 33.9 Å². The Kier molecular flexibility index (Phi) is 10.0. The van der Waals surface area contributed by atoms with Gasteiger partial charge in [-0.25, -0.2) is 4.79 Å². The third kappa shape index (κ3) is 7.80. The van der Waals surface area contributed by atoms with Gasteiger partial charge in [0.15, 0.2) is 0 Å². The van der Waals surface area contributed by atoms with Crippen LogP contribution >= 0.6 is 0 Å². The minimum absolute atomic E-state index is 0.119. The standard InChI is InChI=1S/C19H30N4O9/c1-9(2)15(20)17(29)22-11(8-14(26)27)16(28)21-10(5-6-13(24)25)18(30)23-7-3-4-12(23)19(31)32/h9-12,15H,3-8,20H2,1-2H3,(H,21,28)(H,22,29)(H,24,25)(H,26,27)(H,31,32). The molecule has 0 aromatic heterocycles. The monoisotopic (exact) mass is 458 g/mol. The van der Waals surface area contributed by atoms with Gasteiger partial charge in [-0.05, 0) is 25.2 Å². The summed E-state index contributed by atoms with van der Waals surface area (Å²) in [5, 5.41) is 31.9. The molecule has 0 aliphatic carbocycles. The number of nitrogens with one attached hydrogen (secondary N) is 2. The van der Waals surface area contributed by atoms with E-state index in [1.807, 2.05) is 0 Å². The summed E-state index contributed by atoms with van der Waals surface area (Å²) in [6, 6.07) is -5.10. The van der Waals surface area contributed by atoms with Gasteiger partial charge in [0.1, 0.15) is 18.1 Å². The lowest BCUT2D eigenvalue weighted by Crippen LogP contribution is -2.58. The van der Waals surface area contributed by atoms with Crippen molar-refractivity contribution in [3.05, 3.63) is 0 Å². The zero-order chi connectivity index (χ0) is 24.6. The van der Waals surface area contributed by atoms with Crippen LogP contribution in [0.4, 0.5) is 0 Å². The molecule has 7 N–H and O–H groups in total. The number of carbonyl (C=O) groups is 6. The van der Waals surface area contributed by atoms with E-state index in [0.717, 1.165) is 4.90 Å². The van der Waals surface area contributed by atoms with Crippen LogP contribution in [0.5, 0.6) is 0 Å². The van der Waals surface area contributed by atoms with Gasteiger partial charge in [-0.2, -0.15) is 0 Å². The Labute approximate surface area is 184 Å². The molecule has 3 amide bonds. The van der Waals surface area contributed by atoms with Gasteiger partial charge in [-0.15, -0.1) is 0 Å². The molecule has 4 atom stereocenters. The van der Waals surface area contributed by atoms with Gasteiger partial charge in [-0.1, -0.05) is 13.8 Å². The quantitative estimate of drug-likeness (QED) is 0.196. The van der Waals surface area contributed by atoms with E-state index in [-0.39, 0.29) is 25.3 Å². The molecule has 0 spiro atoms. The van der Waals surface area contributed by atoms with Crippen molar-refractivity contribution < 1.29 is 44.1 Å². The first-order chi connectivity index (χ1) is 14.8. The second kappa shape index (κ2) is 12.0. The summed E-state index contributed by atoms with van der Waals surface area (Å²) in [6.45, 7) is 3.44. The Hall–Kier alpha value is -3.22. The Bertz CT molecular complexity index is 755. The van der Waals surface area contributed by atoms with Crippen molar-refractivity contribution >= 4 is 35.6 Å². The van der Waals surface area contributed by atoms with Crippen LogP contribution in [0.15, 0.2) is 0 Å². The number of carboxylic acid groups (broad SMARTS) is 3. The normalized spacial score (nSPS) is 18.5. The van der Waals surface area contributed by atoms with Crippen LogP contribution in [-0.2, 0) is 28.8 Å². The minimum atomic E-state index is -1.57. The molecule has 32 heavy (non-hydrogen) atoms. The van der Waals surface area contributed by atoms with Gasteiger partial charge < -0.3 is 36.6 Å². The van der Waals surface area contributed by atoms with Crippen LogP contribution < -0.4 is 16.4 Å². The molecule has 1 rings (SSSR count). The fourth-order valence-corrected chi connectivity index (χ4v) is 3.24. The van der Waals surface area contributed by atoms with Crippen LogP contribution in [0.25, 0.3) is 0 Å². The number of rotatable bonds is 12. The van der Waals surface area contributed by atoms with E-state index in [4.69, 9.17) is 15.9 Å². The minimum Gasteiger partial charge on any atom is -0.481 e. The lowest BCUT2D eigenvalue weighted by Gasteiger charge is -2.28. The maximum absolute atomic E-state index is 12.9. The summed E-state index contributed by atoms with van der Waals surface area (Å²) in [6.07, 6.45) is -1.01. The van der Waals surface area contributed by atoms with Crippen LogP contribution in [0.2, 0.25) is 0 Å². The summed E-state index contributed by atoms with van der Waals surface area (Å²) in [5.74, 6) is -6.74. The molecule has 13 nitrogen and oxygen atoms in total.